The molecule has 1 aliphatic rings. The largest absolute Gasteiger partial charge is 0.372 e. The smallest absolute Gasteiger partial charge is 0.270 e. The lowest BCUT2D eigenvalue weighted by Gasteiger charge is -2.35. The number of nitrogens with one attached hydrogen (secondary N) is 1. The Morgan fingerprint density at radius 3 is 2.53 bits per heavy atom. The Kier molecular flexibility index (Phi) is 6.58. The number of nitro groups is 1. The van der Waals surface area contributed by atoms with Crippen molar-refractivity contribution in [2.45, 2.75) is 26.1 Å². The summed E-state index contributed by atoms with van der Waals surface area (Å²) in [6.45, 7) is 4.81. The van der Waals surface area contributed by atoms with Crippen molar-refractivity contribution in [3.63, 3.8) is 0 Å². The number of carbonyl (C=O) groups excluding carboxylic acids is 2. The van der Waals surface area contributed by atoms with E-state index in [1.807, 2.05) is 13.8 Å². The maximum absolute atomic E-state index is 13.0. The van der Waals surface area contributed by atoms with Gasteiger partial charge < -0.3 is 15.0 Å². The van der Waals surface area contributed by atoms with Gasteiger partial charge in [0.2, 0.25) is 5.91 Å². The van der Waals surface area contributed by atoms with Gasteiger partial charge in [-0.25, -0.2) is 0 Å². The second-order valence-corrected chi connectivity index (χ2v) is 7.19. The summed E-state index contributed by atoms with van der Waals surface area (Å²) in [5.41, 5.74) is 1.28. The number of para-hydroxylation sites is 1. The number of amides is 2. The van der Waals surface area contributed by atoms with Crippen molar-refractivity contribution in [2.24, 2.45) is 0 Å². The van der Waals surface area contributed by atoms with Crippen molar-refractivity contribution in [2.75, 3.05) is 18.4 Å². The molecule has 8 heteroatoms. The monoisotopic (exact) mass is 409 g/mol. The zero-order valence-corrected chi connectivity index (χ0v) is 16.8. The molecule has 30 heavy (non-hydrogen) atoms. The molecule has 2 unspecified atom stereocenters. The van der Waals surface area contributed by atoms with E-state index in [-0.39, 0.29) is 23.8 Å². The van der Waals surface area contributed by atoms with Gasteiger partial charge in [0.25, 0.3) is 11.6 Å². The van der Waals surface area contributed by atoms with Crippen LogP contribution in [0.3, 0.4) is 0 Å². The number of non-ortho nitro benzene ring substituents is 1. The van der Waals surface area contributed by atoms with Gasteiger partial charge in [-0.2, -0.15) is 0 Å². The maximum Gasteiger partial charge on any atom is 0.270 e. The maximum atomic E-state index is 13.0. The summed E-state index contributed by atoms with van der Waals surface area (Å²) in [5.74, 6) is -0.610. The first-order valence-corrected chi connectivity index (χ1v) is 9.61. The van der Waals surface area contributed by atoms with Crippen molar-refractivity contribution >= 4 is 29.3 Å². The Morgan fingerprint density at radius 1 is 1.13 bits per heavy atom. The Morgan fingerprint density at radius 2 is 1.83 bits per heavy atom. The molecule has 2 amide bonds. The highest BCUT2D eigenvalue weighted by Gasteiger charge is 2.27. The van der Waals surface area contributed by atoms with Gasteiger partial charge in [0.1, 0.15) is 0 Å². The molecule has 2 aromatic carbocycles. The van der Waals surface area contributed by atoms with E-state index in [4.69, 9.17) is 4.74 Å². The lowest BCUT2D eigenvalue weighted by molar-refractivity contribution is -0.384. The van der Waals surface area contributed by atoms with Crippen LogP contribution in [0.4, 0.5) is 11.4 Å². The molecule has 3 rings (SSSR count). The fourth-order valence-electron chi connectivity index (χ4n) is 3.38. The number of morpholine rings is 1. The number of benzene rings is 2. The molecule has 0 spiro atoms. The number of hydrogen-bond donors (Lipinski definition) is 1. The predicted molar refractivity (Wildman–Crippen MR) is 113 cm³/mol. The van der Waals surface area contributed by atoms with Crippen LogP contribution in [0, 0.1) is 10.1 Å². The van der Waals surface area contributed by atoms with Crippen molar-refractivity contribution in [1.29, 1.82) is 0 Å². The fraction of sp³-hybridized carbons (Fsp3) is 0.273. The third-order valence-electron chi connectivity index (χ3n) is 4.63. The summed E-state index contributed by atoms with van der Waals surface area (Å²) in [4.78, 5) is 37.5. The van der Waals surface area contributed by atoms with Gasteiger partial charge in [-0.1, -0.05) is 24.3 Å². The topological polar surface area (TPSA) is 102 Å². The quantitative estimate of drug-likeness (QED) is 0.463. The second kappa shape index (κ2) is 9.32. The molecular weight excluding hydrogens is 386 g/mol. The normalized spacial score (nSPS) is 18.9. The molecule has 156 valence electrons. The van der Waals surface area contributed by atoms with E-state index < -0.39 is 10.8 Å². The average Bonchev–Trinajstić information content (AvgIpc) is 2.71. The fourth-order valence-corrected chi connectivity index (χ4v) is 3.38. The van der Waals surface area contributed by atoms with E-state index in [0.717, 1.165) is 0 Å². The van der Waals surface area contributed by atoms with Crippen LogP contribution in [0.25, 0.3) is 6.08 Å². The number of rotatable bonds is 5. The number of ether oxygens (including phenoxy) is 1. The lowest BCUT2D eigenvalue weighted by Crippen LogP contribution is -2.48. The van der Waals surface area contributed by atoms with E-state index in [9.17, 15) is 19.7 Å². The highest BCUT2D eigenvalue weighted by atomic mass is 16.6. The molecule has 1 heterocycles. The standard InChI is InChI=1S/C22H23N3O5/c1-15-13-24(14-16(2)30-15)22(27)19-8-3-4-9-20(19)23-21(26)11-10-17-6-5-7-18(12-17)25(28)29/h3-12,15-16H,13-14H2,1-2H3,(H,23,26). The van der Waals surface area contributed by atoms with Gasteiger partial charge in [0.15, 0.2) is 0 Å². The van der Waals surface area contributed by atoms with E-state index in [1.165, 1.54) is 24.3 Å². The number of anilines is 1. The van der Waals surface area contributed by atoms with Crippen LogP contribution in [-0.2, 0) is 9.53 Å². The summed E-state index contributed by atoms with van der Waals surface area (Å²) in [6.07, 6.45) is 2.65. The van der Waals surface area contributed by atoms with Gasteiger partial charge >= 0.3 is 0 Å². The van der Waals surface area contributed by atoms with Crippen LogP contribution in [0.2, 0.25) is 0 Å². The number of carbonyl (C=O) groups is 2. The minimum absolute atomic E-state index is 0.0533. The van der Waals surface area contributed by atoms with Crippen LogP contribution < -0.4 is 5.32 Å². The van der Waals surface area contributed by atoms with Crippen molar-refractivity contribution in [3.8, 4) is 0 Å². The predicted octanol–water partition coefficient (Wildman–Crippen LogP) is 3.50. The first kappa shape index (κ1) is 21.2. The van der Waals surface area contributed by atoms with Crippen LogP contribution >= 0.6 is 0 Å². The van der Waals surface area contributed by atoms with Crippen molar-refractivity contribution < 1.29 is 19.2 Å². The van der Waals surface area contributed by atoms with Crippen LogP contribution in [0.5, 0.6) is 0 Å². The molecule has 0 aliphatic carbocycles. The summed E-state index contributed by atoms with van der Waals surface area (Å²) >= 11 is 0. The summed E-state index contributed by atoms with van der Waals surface area (Å²) < 4.78 is 5.68. The molecule has 2 atom stereocenters. The van der Waals surface area contributed by atoms with E-state index in [1.54, 1.807) is 41.3 Å². The Hall–Kier alpha value is -3.52. The van der Waals surface area contributed by atoms with Crippen molar-refractivity contribution in [1.82, 2.24) is 4.90 Å². The molecule has 1 saturated heterocycles. The lowest BCUT2D eigenvalue weighted by atomic mass is 10.1. The molecule has 1 aliphatic heterocycles. The Labute approximate surface area is 174 Å². The third kappa shape index (κ3) is 5.30. The van der Waals surface area contributed by atoms with Gasteiger partial charge in [-0.3, -0.25) is 19.7 Å². The summed E-state index contributed by atoms with van der Waals surface area (Å²) in [6, 6.07) is 12.8. The number of nitrogens with zero attached hydrogens (tertiary/aromatic N) is 2. The van der Waals surface area contributed by atoms with Gasteiger partial charge in [0.05, 0.1) is 28.4 Å². The molecule has 0 radical (unpaired) electrons. The summed E-state index contributed by atoms with van der Waals surface area (Å²) in [5, 5.41) is 13.6. The molecule has 0 bridgehead atoms. The average molecular weight is 409 g/mol. The molecule has 8 nitrogen and oxygen atoms in total. The van der Waals surface area contributed by atoms with Crippen LogP contribution in [0.1, 0.15) is 29.8 Å². The molecule has 1 fully saturated rings. The molecule has 2 aromatic rings. The minimum Gasteiger partial charge on any atom is -0.372 e. The van der Waals surface area contributed by atoms with E-state index >= 15 is 0 Å². The van der Waals surface area contributed by atoms with E-state index in [2.05, 4.69) is 5.32 Å². The first-order valence-electron chi connectivity index (χ1n) is 9.61. The third-order valence-corrected chi connectivity index (χ3v) is 4.63. The number of nitro benzene ring substituents is 1. The SMILES string of the molecule is CC1CN(C(=O)c2ccccc2NC(=O)C=Cc2cccc([N+](=O)[O-])c2)CC(C)O1. The molecular formula is C22H23N3O5. The van der Waals surface area contributed by atoms with Gasteiger partial charge in [0, 0.05) is 31.3 Å². The number of hydrogen-bond acceptors (Lipinski definition) is 5. The zero-order chi connectivity index (χ0) is 21.7. The van der Waals surface area contributed by atoms with Crippen LogP contribution in [0.15, 0.2) is 54.6 Å². The molecule has 0 aromatic heterocycles. The zero-order valence-electron chi connectivity index (χ0n) is 16.8. The first-order chi connectivity index (χ1) is 14.3. The van der Waals surface area contributed by atoms with Gasteiger partial charge in [-0.05, 0) is 37.6 Å². The highest BCUT2D eigenvalue weighted by molar-refractivity contribution is 6.07. The Bertz CT molecular complexity index is 978. The second-order valence-electron chi connectivity index (χ2n) is 7.19. The van der Waals surface area contributed by atoms with E-state index in [0.29, 0.717) is 29.9 Å². The molecule has 0 saturated carbocycles. The van der Waals surface area contributed by atoms with Gasteiger partial charge in [-0.15, -0.1) is 0 Å². The van der Waals surface area contributed by atoms with Crippen LogP contribution in [-0.4, -0.2) is 46.9 Å². The highest BCUT2D eigenvalue weighted by Crippen LogP contribution is 2.21. The Balaban J connectivity index is 1.73. The molecule has 1 N–H and O–H groups in total. The van der Waals surface area contributed by atoms with Crippen molar-refractivity contribution in [3.05, 3.63) is 75.8 Å². The minimum atomic E-state index is -0.493. The summed E-state index contributed by atoms with van der Waals surface area (Å²) in [7, 11) is 0.